The molecule has 2 heterocycles. The van der Waals surface area contributed by atoms with E-state index in [-0.39, 0.29) is 6.61 Å². The molecule has 4 fully saturated rings. The lowest BCUT2D eigenvalue weighted by molar-refractivity contribution is -0.135. The number of hydrogen-bond donors (Lipinski definition) is 1. The van der Waals surface area contributed by atoms with E-state index in [0.717, 1.165) is 26.1 Å². The predicted molar refractivity (Wildman–Crippen MR) is 98.4 cm³/mol. The van der Waals surface area contributed by atoms with Crippen LogP contribution in [0, 0.1) is 0 Å². The molecule has 2 saturated carbocycles. The van der Waals surface area contributed by atoms with E-state index in [0.29, 0.717) is 36.6 Å². The van der Waals surface area contributed by atoms with Gasteiger partial charge in [0.2, 0.25) is 5.91 Å². The zero-order valence-corrected chi connectivity index (χ0v) is 15.6. The SMILES string of the molecule is O=C(CN1CCCC1CN1CCCC1CO)N(C1CCCC1)C1CC1. The van der Waals surface area contributed by atoms with Gasteiger partial charge < -0.3 is 10.0 Å². The molecule has 2 aliphatic heterocycles. The second kappa shape index (κ2) is 7.93. The smallest absolute Gasteiger partial charge is 0.237 e. The molecule has 25 heavy (non-hydrogen) atoms. The van der Waals surface area contributed by atoms with Crippen LogP contribution in [0.4, 0.5) is 0 Å². The fourth-order valence-corrected chi connectivity index (χ4v) is 5.42. The Balaban J connectivity index is 1.34. The van der Waals surface area contributed by atoms with Crippen molar-refractivity contribution >= 4 is 5.91 Å². The molecule has 4 aliphatic rings. The molecule has 0 radical (unpaired) electrons. The Hall–Kier alpha value is -0.650. The Morgan fingerprint density at radius 3 is 2.16 bits per heavy atom. The molecule has 2 aliphatic carbocycles. The summed E-state index contributed by atoms with van der Waals surface area (Å²) in [6.45, 7) is 4.11. The van der Waals surface area contributed by atoms with E-state index >= 15 is 0 Å². The van der Waals surface area contributed by atoms with Gasteiger partial charge >= 0.3 is 0 Å². The molecule has 2 unspecified atom stereocenters. The summed E-state index contributed by atoms with van der Waals surface area (Å²) in [4.78, 5) is 20.3. The van der Waals surface area contributed by atoms with Crippen LogP contribution < -0.4 is 0 Å². The summed E-state index contributed by atoms with van der Waals surface area (Å²) >= 11 is 0. The first-order chi connectivity index (χ1) is 12.3. The third-order valence-corrected chi connectivity index (χ3v) is 6.94. The van der Waals surface area contributed by atoms with Gasteiger partial charge in [-0.15, -0.1) is 0 Å². The third-order valence-electron chi connectivity index (χ3n) is 6.94. The first kappa shape index (κ1) is 17.7. The van der Waals surface area contributed by atoms with Crippen molar-refractivity contribution in [2.24, 2.45) is 0 Å². The van der Waals surface area contributed by atoms with Gasteiger partial charge in [-0.25, -0.2) is 0 Å². The molecule has 2 atom stereocenters. The lowest BCUT2D eigenvalue weighted by Crippen LogP contribution is -2.49. The first-order valence-corrected chi connectivity index (χ1v) is 10.7. The molecule has 0 spiro atoms. The van der Waals surface area contributed by atoms with Crippen LogP contribution in [-0.2, 0) is 4.79 Å². The Bertz CT molecular complexity index is 462. The van der Waals surface area contributed by atoms with Crippen molar-refractivity contribution in [3.63, 3.8) is 0 Å². The summed E-state index contributed by atoms with van der Waals surface area (Å²) in [5.41, 5.74) is 0. The average Bonchev–Trinajstić information content (AvgIpc) is 3.02. The van der Waals surface area contributed by atoms with E-state index in [1.165, 1.54) is 57.8 Å². The summed E-state index contributed by atoms with van der Waals surface area (Å²) in [6, 6.07) is 1.92. The molecule has 0 aromatic heterocycles. The van der Waals surface area contributed by atoms with Crippen molar-refractivity contribution in [2.45, 2.75) is 88.4 Å². The summed E-state index contributed by atoms with van der Waals surface area (Å²) in [7, 11) is 0. The largest absolute Gasteiger partial charge is 0.395 e. The van der Waals surface area contributed by atoms with Crippen LogP contribution in [0.1, 0.15) is 64.2 Å². The van der Waals surface area contributed by atoms with Gasteiger partial charge in [0.1, 0.15) is 0 Å². The summed E-state index contributed by atoms with van der Waals surface area (Å²) < 4.78 is 0. The van der Waals surface area contributed by atoms with Crippen molar-refractivity contribution < 1.29 is 9.90 Å². The zero-order chi connectivity index (χ0) is 17.2. The maximum atomic E-state index is 13.1. The summed E-state index contributed by atoms with van der Waals surface area (Å²) in [5, 5.41) is 9.57. The number of carbonyl (C=O) groups excluding carboxylic acids is 1. The minimum absolute atomic E-state index is 0.281. The van der Waals surface area contributed by atoms with Crippen molar-refractivity contribution in [1.29, 1.82) is 0 Å². The van der Waals surface area contributed by atoms with Gasteiger partial charge in [-0.05, 0) is 64.5 Å². The van der Waals surface area contributed by atoms with Crippen LogP contribution in [0.3, 0.4) is 0 Å². The van der Waals surface area contributed by atoms with E-state index < -0.39 is 0 Å². The maximum Gasteiger partial charge on any atom is 0.237 e. The van der Waals surface area contributed by atoms with Crippen molar-refractivity contribution in [3.8, 4) is 0 Å². The molecule has 0 aromatic carbocycles. The number of aliphatic hydroxyl groups excluding tert-OH is 1. The van der Waals surface area contributed by atoms with Gasteiger partial charge in [0.05, 0.1) is 13.2 Å². The average molecular weight is 350 g/mol. The molecule has 2 saturated heterocycles. The highest BCUT2D eigenvalue weighted by Crippen LogP contribution is 2.35. The Morgan fingerprint density at radius 1 is 0.840 bits per heavy atom. The van der Waals surface area contributed by atoms with E-state index in [9.17, 15) is 9.90 Å². The van der Waals surface area contributed by atoms with Gasteiger partial charge in [-0.3, -0.25) is 14.6 Å². The predicted octanol–water partition coefficient (Wildman–Crippen LogP) is 1.84. The standard InChI is InChI=1S/C20H35N3O2/c24-15-19-8-4-11-21(19)13-18-7-3-12-22(18)14-20(25)23(17-9-10-17)16-5-1-2-6-16/h16-19,24H,1-15H2. The quantitative estimate of drug-likeness (QED) is 0.762. The molecule has 5 nitrogen and oxygen atoms in total. The summed E-state index contributed by atoms with van der Waals surface area (Å²) in [5.74, 6) is 0.390. The molecule has 142 valence electrons. The van der Waals surface area contributed by atoms with Crippen LogP contribution >= 0.6 is 0 Å². The normalized spacial score (nSPS) is 31.9. The van der Waals surface area contributed by atoms with Crippen molar-refractivity contribution in [2.75, 3.05) is 32.8 Å². The molecule has 0 aromatic rings. The monoisotopic (exact) mass is 349 g/mol. The van der Waals surface area contributed by atoms with Crippen LogP contribution in [0.15, 0.2) is 0 Å². The van der Waals surface area contributed by atoms with Gasteiger partial charge in [-0.1, -0.05) is 12.8 Å². The van der Waals surface area contributed by atoms with Gasteiger partial charge in [0, 0.05) is 30.7 Å². The highest BCUT2D eigenvalue weighted by Gasteiger charge is 2.40. The van der Waals surface area contributed by atoms with Gasteiger partial charge in [-0.2, -0.15) is 0 Å². The van der Waals surface area contributed by atoms with E-state index in [4.69, 9.17) is 0 Å². The number of aliphatic hydroxyl groups is 1. The van der Waals surface area contributed by atoms with E-state index in [1.54, 1.807) is 0 Å². The fraction of sp³-hybridized carbons (Fsp3) is 0.950. The van der Waals surface area contributed by atoms with Crippen molar-refractivity contribution in [1.82, 2.24) is 14.7 Å². The molecule has 0 bridgehead atoms. The molecule has 4 rings (SSSR count). The third kappa shape index (κ3) is 4.04. The van der Waals surface area contributed by atoms with Crippen LogP contribution in [0.2, 0.25) is 0 Å². The number of rotatable bonds is 7. The van der Waals surface area contributed by atoms with E-state index in [1.807, 2.05) is 0 Å². The Kier molecular flexibility index (Phi) is 5.63. The van der Waals surface area contributed by atoms with E-state index in [2.05, 4.69) is 14.7 Å². The summed E-state index contributed by atoms with van der Waals surface area (Å²) in [6.07, 6.45) is 12.2. The highest BCUT2D eigenvalue weighted by atomic mass is 16.3. The Labute approximate surface area is 152 Å². The molecule has 1 N–H and O–H groups in total. The lowest BCUT2D eigenvalue weighted by atomic mass is 10.1. The van der Waals surface area contributed by atoms with Crippen LogP contribution in [-0.4, -0.2) is 82.7 Å². The van der Waals surface area contributed by atoms with Gasteiger partial charge in [0.25, 0.3) is 0 Å². The second-order valence-corrected chi connectivity index (χ2v) is 8.71. The highest BCUT2D eigenvalue weighted by molar-refractivity contribution is 5.79. The molecule has 1 amide bonds. The van der Waals surface area contributed by atoms with Crippen LogP contribution in [0.5, 0.6) is 0 Å². The Morgan fingerprint density at radius 2 is 1.48 bits per heavy atom. The zero-order valence-electron chi connectivity index (χ0n) is 15.6. The number of hydrogen-bond acceptors (Lipinski definition) is 4. The minimum Gasteiger partial charge on any atom is -0.395 e. The molecular weight excluding hydrogens is 314 g/mol. The first-order valence-electron chi connectivity index (χ1n) is 10.7. The maximum absolute atomic E-state index is 13.1. The number of nitrogens with zero attached hydrogens (tertiary/aromatic N) is 3. The second-order valence-electron chi connectivity index (χ2n) is 8.71. The number of carbonyl (C=O) groups is 1. The van der Waals surface area contributed by atoms with Crippen LogP contribution in [0.25, 0.3) is 0 Å². The van der Waals surface area contributed by atoms with Crippen molar-refractivity contribution in [3.05, 3.63) is 0 Å². The topological polar surface area (TPSA) is 47.0 Å². The number of likely N-dealkylation sites (tertiary alicyclic amines) is 2. The van der Waals surface area contributed by atoms with Gasteiger partial charge in [0.15, 0.2) is 0 Å². The number of amides is 1. The lowest BCUT2D eigenvalue weighted by Gasteiger charge is -2.34. The minimum atomic E-state index is 0.281. The molecular formula is C20H35N3O2. The fourth-order valence-electron chi connectivity index (χ4n) is 5.42. The molecule has 5 heteroatoms.